The van der Waals surface area contributed by atoms with E-state index in [1.165, 1.54) is 24.5 Å². The van der Waals surface area contributed by atoms with Gasteiger partial charge in [0.2, 0.25) is 5.91 Å². The summed E-state index contributed by atoms with van der Waals surface area (Å²) in [6.45, 7) is 1.96. The number of hydroxylamine groups is 1. The van der Waals surface area contributed by atoms with Crippen molar-refractivity contribution in [3.05, 3.63) is 95.1 Å². The first-order valence-electron chi connectivity index (χ1n) is 12.6. The number of hydrogen-bond acceptors (Lipinski definition) is 7. The van der Waals surface area contributed by atoms with Gasteiger partial charge in [-0.25, -0.2) is 5.48 Å². The van der Waals surface area contributed by atoms with Gasteiger partial charge in [-0.3, -0.25) is 19.6 Å². The third-order valence-electron chi connectivity index (χ3n) is 5.75. The molecule has 2 atom stereocenters. The van der Waals surface area contributed by atoms with Gasteiger partial charge in [-0.05, 0) is 73.4 Å². The maximum atomic E-state index is 12.3. The highest BCUT2D eigenvalue weighted by Gasteiger charge is 2.25. The molecular formula is C32H34N4O6. The van der Waals surface area contributed by atoms with Crippen molar-refractivity contribution in [2.75, 3.05) is 19.0 Å². The minimum atomic E-state index is -1.31. The van der Waals surface area contributed by atoms with Gasteiger partial charge >= 0.3 is 0 Å². The number of para-hydroxylation sites is 1. The molecule has 3 amide bonds. The SMILES string of the molecule is C.COc1ccccc1CNCC(=O)Nc1ccc(C#CC#Cc2ccc(C(=O)N[C@H](C(=O)NO)[C@@H](C)O)cc2)cc1. The minimum Gasteiger partial charge on any atom is -0.496 e. The minimum absolute atomic E-state index is 0. The molecular weight excluding hydrogens is 536 g/mol. The molecule has 0 unspecified atom stereocenters. The third-order valence-corrected chi connectivity index (χ3v) is 5.75. The molecule has 0 fully saturated rings. The molecule has 0 aliphatic rings. The second kappa shape index (κ2) is 16.9. The second-order valence-electron chi connectivity index (χ2n) is 8.79. The zero-order chi connectivity index (χ0) is 29.6. The lowest BCUT2D eigenvalue weighted by Crippen LogP contribution is -2.51. The summed E-state index contributed by atoms with van der Waals surface area (Å²) in [6.07, 6.45) is -1.21. The number of aliphatic hydroxyl groups excluding tert-OH is 1. The van der Waals surface area contributed by atoms with Crippen LogP contribution < -0.4 is 26.2 Å². The molecule has 0 heterocycles. The van der Waals surface area contributed by atoms with Crippen LogP contribution in [0.15, 0.2) is 72.8 Å². The van der Waals surface area contributed by atoms with Crippen LogP contribution in [0.1, 0.15) is 41.4 Å². The van der Waals surface area contributed by atoms with Gasteiger partial charge in [-0.2, -0.15) is 0 Å². The van der Waals surface area contributed by atoms with E-state index in [2.05, 4.69) is 39.6 Å². The number of methoxy groups -OCH3 is 1. The van der Waals surface area contributed by atoms with E-state index >= 15 is 0 Å². The van der Waals surface area contributed by atoms with Crippen molar-refractivity contribution in [1.29, 1.82) is 0 Å². The van der Waals surface area contributed by atoms with Gasteiger partial charge in [0.05, 0.1) is 19.8 Å². The molecule has 0 radical (unpaired) electrons. The van der Waals surface area contributed by atoms with Gasteiger partial charge in [0.25, 0.3) is 11.8 Å². The summed E-state index contributed by atoms with van der Waals surface area (Å²) >= 11 is 0. The number of aliphatic hydroxyl groups is 1. The normalized spacial score (nSPS) is 11.1. The van der Waals surface area contributed by atoms with Gasteiger partial charge in [-0.1, -0.05) is 37.5 Å². The number of rotatable bonds is 10. The van der Waals surface area contributed by atoms with Crippen molar-refractivity contribution >= 4 is 23.4 Å². The van der Waals surface area contributed by atoms with Gasteiger partial charge in [0, 0.05) is 34.5 Å². The molecule has 0 aliphatic carbocycles. The molecule has 3 rings (SSSR count). The zero-order valence-electron chi connectivity index (χ0n) is 22.5. The van der Waals surface area contributed by atoms with Crippen LogP contribution in [0.2, 0.25) is 0 Å². The number of carbonyl (C=O) groups excluding carboxylic acids is 3. The summed E-state index contributed by atoms with van der Waals surface area (Å²) in [4.78, 5) is 36.2. The number of anilines is 1. The molecule has 218 valence electrons. The van der Waals surface area contributed by atoms with Crippen LogP contribution in [-0.2, 0) is 16.1 Å². The largest absolute Gasteiger partial charge is 0.496 e. The number of ether oxygens (including phenoxy) is 1. The van der Waals surface area contributed by atoms with Gasteiger partial charge in [0.15, 0.2) is 0 Å². The van der Waals surface area contributed by atoms with Crippen LogP contribution in [0.25, 0.3) is 0 Å². The molecule has 42 heavy (non-hydrogen) atoms. The third kappa shape index (κ3) is 10.1. The lowest BCUT2D eigenvalue weighted by atomic mass is 10.1. The number of benzene rings is 3. The summed E-state index contributed by atoms with van der Waals surface area (Å²) in [5.74, 6) is 10.4. The average Bonchev–Trinajstić information content (AvgIpc) is 2.98. The Morgan fingerprint density at radius 1 is 0.905 bits per heavy atom. The Balaban J connectivity index is 0.00000616. The van der Waals surface area contributed by atoms with Crippen LogP contribution >= 0.6 is 0 Å². The molecule has 10 nitrogen and oxygen atoms in total. The Morgan fingerprint density at radius 3 is 2.07 bits per heavy atom. The van der Waals surface area contributed by atoms with Gasteiger partial charge in [-0.15, -0.1) is 0 Å². The van der Waals surface area contributed by atoms with E-state index in [0.717, 1.165) is 16.9 Å². The van der Waals surface area contributed by atoms with E-state index in [-0.39, 0.29) is 25.4 Å². The van der Waals surface area contributed by atoms with Crippen LogP contribution in [-0.4, -0.2) is 53.8 Å². The maximum Gasteiger partial charge on any atom is 0.268 e. The lowest BCUT2D eigenvalue weighted by Gasteiger charge is -2.19. The highest BCUT2D eigenvalue weighted by Crippen LogP contribution is 2.16. The Labute approximate surface area is 245 Å². The number of carbonyl (C=O) groups is 3. The summed E-state index contributed by atoms with van der Waals surface area (Å²) in [6, 6.07) is 19.6. The second-order valence-corrected chi connectivity index (χ2v) is 8.79. The molecule has 0 spiro atoms. The van der Waals surface area contributed by atoms with Crippen LogP contribution in [0, 0.1) is 23.7 Å². The van der Waals surface area contributed by atoms with Crippen molar-refractivity contribution in [2.45, 2.75) is 33.0 Å². The summed E-state index contributed by atoms with van der Waals surface area (Å²) in [7, 11) is 1.61. The van der Waals surface area contributed by atoms with Crippen LogP contribution in [0.3, 0.4) is 0 Å². The fourth-order valence-electron chi connectivity index (χ4n) is 3.61. The van der Waals surface area contributed by atoms with E-state index in [1.807, 2.05) is 24.3 Å². The molecule has 0 saturated heterocycles. The zero-order valence-corrected chi connectivity index (χ0v) is 22.5. The molecule has 0 saturated carbocycles. The number of nitrogens with one attached hydrogen (secondary N) is 4. The summed E-state index contributed by atoms with van der Waals surface area (Å²) in [5.41, 5.74) is 4.61. The van der Waals surface area contributed by atoms with Crippen molar-refractivity contribution in [1.82, 2.24) is 16.1 Å². The Morgan fingerprint density at radius 2 is 1.50 bits per heavy atom. The quantitative estimate of drug-likeness (QED) is 0.125. The van der Waals surface area contributed by atoms with Crippen molar-refractivity contribution in [2.24, 2.45) is 0 Å². The summed E-state index contributed by atoms with van der Waals surface area (Å²) in [5, 5.41) is 26.7. The first-order chi connectivity index (χ1) is 19.8. The average molecular weight is 571 g/mol. The molecule has 10 heteroatoms. The predicted octanol–water partition coefficient (Wildman–Crippen LogP) is 2.45. The van der Waals surface area contributed by atoms with Crippen molar-refractivity contribution in [3.8, 4) is 29.4 Å². The molecule has 3 aromatic carbocycles. The van der Waals surface area contributed by atoms with E-state index in [0.29, 0.717) is 17.8 Å². The van der Waals surface area contributed by atoms with Crippen LogP contribution in [0.4, 0.5) is 5.69 Å². The Kier molecular flexibility index (Phi) is 13.3. The molecule has 6 N–H and O–H groups in total. The smallest absolute Gasteiger partial charge is 0.268 e. The molecule has 0 bridgehead atoms. The number of hydrogen-bond donors (Lipinski definition) is 6. The molecule has 0 aromatic heterocycles. The van der Waals surface area contributed by atoms with E-state index in [9.17, 15) is 19.5 Å². The van der Waals surface area contributed by atoms with Crippen LogP contribution in [0.5, 0.6) is 5.75 Å². The van der Waals surface area contributed by atoms with E-state index < -0.39 is 24.0 Å². The first kappa shape index (κ1) is 33.1. The maximum absolute atomic E-state index is 12.3. The Bertz CT molecular complexity index is 1480. The molecule has 0 aliphatic heterocycles. The van der Waals surface area contributed by atoms with E-state index in [4.69, 9.17) is 9.94 Å². The Hall–Kier alpha value is -5.13. The highest BCUT2D eigenvalue weighted by atomic mass is 16.5. The monoisotopic (exact) mass is 570 g/mol. The first-order valence-corrected chi connectivity index (χ1v) is 12.6. The highest BCUT2D eigenvalue weighted by molar-refractivity contribution is 5.97. The predicted molar refractivity (Wildman–Crippen MR) is 160 cm³/mol. The van der Waals surface area contributed by atoms with Crippen molar-refractivity contribution < 1.29 is 29.4 Å². The fraction of sp³-hybridized carbons (Fsp3) is 0.219. The van der Waals surface area contributed by atoms with Gasteiger partial charge < -0.3 is 25.8 Å². The lowest BCUT2D eigenvalue weighted by molar-refractivity contribution is -0.133. The summed E-state index contributed by atoms with van der Waals surface area (Å²) < 4.78 is 5.31. The fourth-order valence-corrected chi connectivity index (χ4v) is 3.61. The molecule has 3 aromatic rings. The standard InChI is InChI=1S/C31H30N4O6.CH4/c1-21(36)29(31(39)35-40)34-30(38)24-15-11-22(12-16-24)7-3-4-8-23-13-17-26(18-14-23)33-28(37)20-32-19-25-9-5-6-10-27(25)41-2;/h5-6,9-18,21,29,32,36,40H,19-20H2,1-2H3,(H,33,37)(H,34,38)(H,35,39);1H4/t21-,29+;/m1./s1. The van der Waals surface area contributed by atoms with Crippen molar-refractivity contribution in [3.63, 3.8) is 0 Å². The number of amides is 3. The van der Waals surface area contributed by atoms with Gasteiger partial charge in [0.1, 0.15) is 11.8 Å². The topological polar surface area (TPSA) is 149 Å². The van der Waals surface area contributed by atoms with E-state index in [1.54, 1.807) is 43.5 Å².